The molecule has 0 saturated carbocycles. The summed E-state index contributed by atoms with van der Waals surface area (Å²) in [4.78, 5) is 35.5. The van der Waals surface area contributed by atoms with E-state index in [1.165, 1.54) is 26.0 Å². The SMILES string of the molecule is CC(=O)N[C@H](CSC1=CC(=NS(=O)(=O)c2ccc(F)cc2C)c2ccccc2C1=O)C(=O)O. The summed E-state index contributed by atoms with van der Waals surface area (Å²) in [7, 11) is -4.25. The molecular formula is C22H19FN2O6S2. The molecular weight excluding hydrogens is 471 g/mol. The molecule has 0 radical (unpaired) electrons. The summed E-state index contributed by atoms with van der Waals surface area (Å²) in [6.45, 7) is 2.62. The van der Waals surface area contributed by atoms with Crippen molar-refractivity contribution in [3.8, 4) is 0 Å². The van der Waals surface area contributed by atoms with E-state index in [1.807, 2.05) is 0 Å². The first kappa shape index (κ1) is 24.3. The molecule has 2 N–H and O–H groups in total. The predicted octanol–water partition coefficient (Wildman–Crippen LogP) is 2.71. The Balaban J connectivity index is 2.03. The minimum Gasteiger partial charge on any atom is -0.480 e. The van der Waals surface area contributed by atoms with Crippen LogP contribution in [0.4, 0.5) is 4.39 Å². The second-order valence-electron chi connectivity index (χ2n) is 7.15. The van der Waals surface area contributed by atoms with E-state index >= 15 is 0 Å². The van der Waals surface area contributed by atoms with E-state index in [2.05, 4.69) is 9.71 Å². The molecule has 1 aliphatic carbocycles. The van der Waals surface area contributed by atoms with Crippen molar-refractivity contribution in [2.75, 3.05) is 5.75 Å². The third-order valence-electron chi connectivity index (χ3n) is 4.65. The minimum atomic E-state index is -4.25. The van der Waals surface area contributed by atoms with Gasteiger partial charge in [0.2, 0.25) is 5.91 Å². The van der Waals surface area contributed by atoms with Crippen molar-refractivity contribution >= 4 is 45.2 Å². The van der Waals surface area contributed by atoms with Gasteiger partial charge in [0.05, 0.1) is 15.5 Å². The summed E-state index contributed by atoms with van der Waals surface area (Å²) in [5.41, 5.74) is 0.672. The lowest BCUT2D eigenvalue weighted by atomic mass is 9.94. The van der Waals surface area contributed by atoms with Gasteiger partial charge in [-0.05, 0) is 36.8 Å². The fraction of sp³-hybridized carbons (Fsp3) is 0.182. The van der Waals surface area contributed by atoms with E-state index in [1.54, 1.807) is 18.2 Å². The molecule has 11 heteroatoms. The van der Waals surface area contributed by atoms with Gasteiger partial charge in [0, 0.05) is 23.8 Å². The molecule has 0 unspecified atom stereocenters. The van der Waals surface area contributed by atoms with Crippen molar-refractivity contribution < 1.29 is 32.3 Å². The van der Waals surface area contributed by atoms with Crippen molar-refractivity contribution in [1.82, 2.24) is 5.32 Å². The van der Waals surface area contributed by atoms with Gasteiger partial charge < -0.3 is 10.4 Å². The van der Waals surface area contributed by atoms with Crippen LogP contribution < -0.4 is 5.32 Å². The van der Waals surface area contributed by atoms with Gasteiger partial charge in [-0.1, -0.05) is 24.3 Å². The Morgan fingerprint density at radius 2 is 1.85 bits per heavy atom. The van der Waals surface area contributed by atoms with Gasteiger partial charge in [0.25, 0.3) is 10.0 Å². The van der Waals surface area contributed by atoms with E-state index in [9.17, 15) is 32.3 Å². The number of amides is 1. The molecule has 33 heavy (non-hydrogen) atoms. The number of carbonyl (C=O) groups is 3. The number of carboxylic acids is 1. The van der Waals surface area contributed by atoms with Crippen LogP contribution in [0.5, 0.6) is 0 Å². The van der Waals surface area contributed by atoms with E-state index < -0.39 is 39.5 Å². The van der Waals surface area contributed by atoms with E-state index in [0.717, 1.165) is 30.0 Å². The largest absolute Gasteiger partial charge is 0.480 e. The Labute approximate surface area is 193 Å². The van der Waals surface area contributed by atoms with Gasteiger partial charge in [-0.15, -0.1) is 11.8 Å². The zero-order valence-corrected chi connectivity index (χ0v) is 19.2. The zero-order chi connectivity index (χ0) is 24.3. The van der Waals surface area contributed by atoms with Crippen LogP contribution in [0.1, 0.15) is 28.4 Å². The number of halogens is 1. The minimum absolute atomic E-state index is 0.0113. The van der Waals surface area contributed by atoms with Crippen molar-refractivity contribution in [2.24, 2.45) is 4.40 Å². The Morgan fingerprint density at radius 3 is 2.45 bits per heavy atom. The maximum Gasteiger partial charge on any atom is 0.327 e. The molecule has 0 aromatic heterocycles. The Bertz CT molecular complexity index is 1320. The summed E-state index contributed by atoms with van der Waals surface area (Å²) in [6.07, 6.45) is 1.28. The number of hydrogen-bond acceptors (Lipinski definition) is 6. The van der Waals surface area contributed by atoms with Gasteiger partial charge in [-0.3, -0.25) is 9.59 Å². The topological polar surface area (TPSA) is 130 Å². The van der Waals surface area contributed by atoms with Crippen LogP contribution in [-0.2, 0) is 19.6 Å². The van der Waals surface area contributed by atoms with Crippen LogP contribution in [0.15, 0.2) is 62.7 Å². The number of thioether (sulfide) groups is 1. The highest BCUT2D eigenvalue weighted by molar-refractivity contribution is 8.04. The van der Waals surface area contributed by atoms with E-state index in [0.29, 0.717) is 5.56 Å². The van der Waals surface area contributed by atoms with Crippen molar-refractivity contribution in [3.05, 3.63) is 76.0 Å². The maximum absolute atomic E-state index is 13.4. The molecule has 0 fully saturated rings. The van der Waals surface area contributed by atoms with Gasteiger partial charge in [-0.2, -0.15) is 12.8 Å². The molecule has 0 saturated heterocycles. The summed E-state index contributed by atoms with van der Waals surface area (Å²) in [5, 5.41) is 11.6. The number of nitrogens with one attached hydrogen (secondary N) is 1. The number of hydrogen-bond donors (Lipinski definition) is 2. The number of Topliss-reactive ketones (excluding diaryl/α,β-unsaturated/α-hetero) is 1. The molecule has 8 nitrogen and oxygen atoms in total. The molecule has 0 aliphatic heterocycles. The molecule has 2 aromatic rings. The first-order chi connectivity index (χ1) is 15.5. The lowest BCUT2D eigenvalue weighted by molar-refractivity contribution is -0.140. The number of aryl methyl sites for hydroxylation is 1. The van der Waals surface area contributed by atoms with Crippen LogP contribution in [0.3, 0.4) is 0 Å². The summed E-state index contributed by atoms with van der Waals surface area (Å²) >= 11 is 0.869. The monoisotopic (exact) mass is 490 g/mol. The van der Waals surface area contributed by atoms with Crippen LogP contribution in [0.25, 0.3) is 0 Å². The number of nitrogens with zero attached hydrogens (tertiary/aromatic N) is 1. The maximum atomic E-state index is 13.4. The van der Waals surface area contributed by atoms with Crippen molar-refractivity contribution in [3.63, 3.8) is 0 Å². The van der Waals surface area contributed by atoms with Crippen LogP contribution >= 0.6 is 11.8 Å². The van der Waals surface area contributed by atoms with Crippen LogP contribution in [0, 0.1) is 12.7 Å². The van der Waals surface area contributed by atoms with Gasteiger partial charge in [-0.25, -0.2) is 9.18 Å². The third-order valence-corrected chi connectivity index (χ3v) is 7.22. The van der Waals surface area contributed by atoms with Crippen LogP contribution in [-0.4, -0.2) is 48.7 Å². The second kappa shape index (κ2) is 9.67. The molecule has 3 rings (SSSR count). The van der Waals surface area contributed by atoms with Crippen molar-refractivity contribution in [2.45, 2.75) is 24.8 Å². The number of ketones is 1. The molecule has 172 valence electrons. The fourth-order valence-electron chi connectivity index (χ4n) is 3.16. The number of aliphatic carboxylic acids is 1. The summed E-state index contributed by atoms with van der Waals surface area (Å²) in [6, 6.07) is 8.27. The molecule has 0 bridgehead atoms. The highest BCUT2D eigenvalue weighted by atomic mass is 32.2. The number of rotatable bonds is 7. The van der Waals surface area contributed by atoms with Gasteiger partial charge in [0.15, 0.2) is 5.78 Å². The second-order valence-corrected chi connectivity index (χ2v) is 9.78. The van der Waals surface area contributed by atoms with Crippen LogP contribution in [0.2, 0.25) is 0 Å². The highest BCUT2D eigenvalue weighted by Crippen LogP contribution is 2.30. The first-order valence-electron chi connectivity index (χ1n) is 9.59. The third kappa shape index (κ3) is 5.55. The lowest BCUT2D eigenvalue weighted by Gasteiger charge is -2.19. The highest BCUT2D eigenvalue weighted by Gasteiger charge is 2.28. The van der Waals surface area contributed by atoms with Crippen molar-refractivity contribution in [1.29, 1.82) is 0 Å². The van der Waals surface area contributed by atoms with Gasteiger partial charge in [0.1, 0.15) is 11.9 Å². The molecule has 2 aromatic carbocycles. The lowest BCUT2D eigenvalue weighted by Crippen LogP contribution is -2.41. The summed E-state index contributed by atoms with van der Waals surface area (Å²) in [5.74, 6) is -2.98. The number of allylic oxidation sites excluding steroid dienone is 2. The van der Waals surface area contributed by atoms with Gasteiger partial charge >= 0.3 is 5.97 Å². The average Bonchev–Trinajstić information content (AvgIpc) is 2.73. The quantitative estimate of drug-likeness (QED) is 0.610. The first-order valence-corrected chi connectivity index (χ1v) is 12.0. The standard InChI is InChI=1S/C22H19FN2O6S2/c1-12-9-14(23)7-8-20(12)33(30,31)25-17-10-19(21(27)16-6-4-3-5-15(16)17)32-11-18(22(28)29)24-13(2)26/h3-10,18H,11H2,1-2H3,(H,24,26)(H,28,29)/t18-/m1/s1. The van der Waals surface area contributed by atoms with E-state index in [4.69, 9.17) is 0 Å². The average molecular weight is 491 g/mol. The number of carboxylic acid groups (broad SMARTS) is 1. The number of benzene rings is 2. The van der Waals surface area contributed by atoms with E-state index in [-0.39, 0.29) is 32.4 Å². The molecule has 1 aliphatic rings. The number of fused-ring (bicyclic) bond motifs is 1. The number of carbonyl (C=O) groups excluding carboxylic acids is 2. The number of sulfonamides is 1. The normalized spacial score (nSPS) is 15.5. The predicted molar refractivity (Wildman–Crippen MR) is 121 cm³/mol. The smallest absolute Gasteiger partial charge is 0.327 e. The molecule has 0 spiro atoms. The zero-order valence-electron chi connectivity index (χ0n) is 17.5. The Morgan fingerprint density at radius 1 is 1.18 bits per heavy atom. The Hall–Kier alpha value is -3.31. The Kier molecular flexibility index (Phi) is 7.13. The molecule has 0 heterocycles. The summed E-state index contributed by atoms with van der Waals surface area (Å²) < 4.78 is 43.2. The molecule has 1 atom stereocenters. The fourth-order valence-corrected chi connectivity index (χ4v) is 5.38. The molecule has 1 amide bonds.